The summed E-state index contributed by atoms with van der Waals surface area (Å²) in [6.07, 6.45) is 4.17. The quantitative estimate of drug-likeness (QED) is 0.647. The van der Waals surface area contributed by atoms with Gasteiger partial charge in [-0.3, -0.25) is 9.69 Å². The van der Waals surface area contributed by atoms with Crippen molar-refractivity contribution >= 4 is 23.5 Å². The van der Waals surface area contributed by atoms with Crippen LogP contribution in [0.1, 0.15) is 24.0 Å². The first-order valence-electron chi connectivity index (χ1n) is 11.4. The van der Waals surface area contributed by atoms with Crippen LogP contribution in [0.4, 0.5) is 5.82 Å². The second kappa shape index (κ2) is 11.3. The van der Waals surface area contributed by atoms with E-state index >= 15 is 0 Å². The van der Waals surface area contributed by atoms with Crippen LogP contribution >= 0.6 is 11.8 Å². The fraction of sp³-hybridized carbons (Fsp3) is 0.480. The van der Waals surface area contributed by atoms with Crippen molar-refractivity contribution in [1.82, 2.24) is 14.8 Å². The maximum Gasteiger partial charge on any atom is 0.232 e. The Morgan fingerprint density at radius 2 is 1.91 bits per heavy atom. The maximum absolute atomic E-state index is 12.8. The monoisotopic (exact) mass is 449 g/mol. The molecule has 1 unspecified atom stereocenters. The normalized spacial score (nSPS) is 19.5. The van der Waals surface area contributed by atoms with Crippen molar-refractivity contribution in [3.63, 3.8) is 0 Å². The second-order valence-electron chi connectivity index (χ2n) is 8.63. The number of carbonyl (C=O) groups excluding carboxylic acids is 1. The Morgan fingerprint density at radius 3 is 2.62 bits per heavy atom. The van der Waals surface area contributed by atoms with Gasteiger partial charge in [0, 0.05) is 57.8 Å². The van der Waals surface area contributed by atoms with Crippen molar-refractivity contribution < 1.29 is 4.79 Å². The number of piperazine rings is 1. The lowest BCUT2D eigenvalue weighted by Gasteiger charge is -2.39. The molecular weight excluding hydrogens is 418 g/mol. The minimum absolute atomic E-state index is 0.258. The number of amides is 1. The van der Waals surface area contributed by atoms with Crippen LogP contribution in [0.15, 0.2) is 48.7 Å². The summed E-state index contributed by atoms with van der Waals surface area (Å²) in [5.74, 6) is 3.22. The van der Waals surface area contributed by atoms with E-state index in [2.05, 4.69) is 31.8 Å². The van der Waals surface area contributed by atoms with Crippen LogP contribution in [0.2, 0.25) is 0 Å². The smallest absolute Gasteiger partial charge is 0.232 e. The van der Waals surface area contributed by atoms with Crippen LogP contribution in [-0.2, 0) is 10.5 Å². The number of aromatic nitrogens is 1. The highest BCUT2D eigenvalue weighted by atomic mass is 32.2. The van der Waals surface area contributed by atoms with Crippen LogP contribution in [0.5, 0.6) is 0 Å². The van der Waals surface area contributed by atoms with Crippen LogP contribution in [0, 0.1) is 17.2 Å². The van der Waals surface area contributed by atoms with Crippen LogP contribution in [0.3, 0.4) is 0 Å². The van der Waals surface area contributed by atoms with Gasteiger partial charge in [0.1, 0.15) is 5.82 Å². The minimum Gasteiger partial charge on any atom is -0.354 e. The summed E-state index contributed by atoms with van der Waals surface area (Å²) in [6, 6.07) is 15.8. The first kappa shape index (κ1) is 22.6. The Balaban J connectivity index is 1.18. The van der Waals surface area contributed by atoms with Gasteiger partial charge in [0.2, 0.25) is 5.91 Å². The highest BCUT2D eigenvalue weighted by Crippen LogP contribution is 2.21. The van der Waals surface area contributed by atoms with Gasteiger partial charge in [0.05, 0.1) is 17.4 Å². The number of nitriles is 1. The van der Waals surface area contributed by atoms with E-state index in [1.165, 1.54) is 6.42 Å². The number of rotatable bonds is 7. The van der Waals surface area contributed by atoms with Crippen molar-refractivity contribution in [1.29, 1.82) is 5.26 Å². The summed E-state index contributed by atoms with van der Waals surface area (Å²) >= 11 is 1.66. The van der Waals surface area contributed by atoms with E-state index in [1.807, 2.05) is 42.6 Å². The number of hydrogen-bond donors (Lipinski definition) is 0. The molecule has 6 nitrogen and oxygen atoms in total. The van der Waals surface area contributed by atoms with Gasteiger partial charge in [-0.05, 0) is 48.6 Å². The SMILES string of the molecule is N#Cc1ccc(CSCC(=O)N2CCCC(CN3CCN(c4ccccn4)CC3)C2)cc1. The number of hydrogen-bond acceptors (Lipinski definition) is 6. The van der Waals surface area contributed by atoms with Gasteiger partial charge in [0.25, 0.3) is 0 Å². The Kier molecular flexibility index (Phi) is 8.02. The molecule has 0 N–H and O–H groups in total. The molecule has 1 amide bonds. The average Bonchev–Trinajstić information content (AvgIpc) is 2.85. The lowest BCUT2D eigenvalue weighted by atomic mass is 9.97. The Morgan fingerprint density at radius 1 is 1.09 bits per heavy atom. The largest absolute Gasteiger partial charge is 0.354 e. The highest BCUT2D eigenvalue weighted by molar-refractivity contribution is 7.99. The third kappa shape index (κ3) is 6.24. The van der Waals surface area contributed by atoms with Crippen molar-refractivity contribution in [2.24, 2.45) is 5.92 Å². The van der Waals surface area contributed by atoms with E-state index in [-0.39, 0.29) is 5.91 Å². The van der Waals surface area contributed by atoms with Crippen LogP contribution in [0.25, 0.3) is 0 Å². The van der Waals surface area contributed by atoms with Gasteiger partial charge in [-0.15, -0.1) is 11.8 Å². The molecule has 1 atom stereocenters. The van der Waals surface area contributed by atoms with E-state index < -0.39 is 0 Å². The summed E-state index contributed by atoms with van der Waals surface area (Å²) in [5.41, 5.74) is 1.83. The zero-order valence-electron chi connectivity index (χ0n) is 18.5. The van der Waals surface area contributed by atoms with E-state index in [0.717, 1.165) is 69.4 Å². The summed E-state index contributed by atoms with van der Waals surface area (Å²) < 4.78 is 0. The fourth-order valence-corrected chi connectivity index (χ4v) is 5.42. The molecule has 0 bridgehead atoms. The van der Waals surface area contributed by atoms with Crippen molar-refractivity contribution in [2.75, 3.05) is 56.5 Å². The molecule has 2 aromatic rings. The third-order valence-corrected chi connectivity index (χ3v) is 7.30. The summed E-state index contributed by atoms with van der Waals surface area (Å²) in [5, 5.41) is 8.89. The van der Waals surface area contributed by atoms with E-state index in [1.54, 1.807) is 11.8 Å². The first-order chi connectivity index (χ1) is 15.7. The van der Waals surface area contributed by atoms with Gasteiger partial charge in [0.15, 0.2) is 0 Å². The van der Waals surface area contributed by atoms with Crippen molar-refractivity contribution in [2.45, 2.75) is 18.6 Å². The standard InChI is InChI=1S/C25H31N5OS/c26-16-21-6-8-22(9-7-21)19-32-20-25(31)30-11-3-4-23(18-30)17-28-12-14-29(15-13-28)24-5-1-2-10-27-24/h1-2,5-10,23H,3-4,11-15,17-20H2. The Bertz CT molecular complexity index is 906. The van der Waals surface area contributed by atoms with Gasteiger partial charge in [-0.25, -0.2) is 4.98 Å². The van der Waals surface area contributed by atoms with E-state index in [9.17, 15) is 4.79 Å². The summed E-state index contributed by atoms with van der Waals surface area (Å²) in [6.45, 7) is 6.99. The molecule has 2 aliphatic rings. The maximum atomic E-state index is 12.8. The molecule has 3 heterocycles. The third-order valence-electron chi connectivity index (χ3n) is 6.31. The molecule has 4 rings (SSSR count). The first-order valence-corrected chi connectivity index (χ1v) is 12.6. The number of likely N-dealkylation sites (tertiary alicyclic amines) is 1. The molecule has 2 aliphatic heterocycles. The summed E-state index contributed by atoms with van der Waals surface area (Å²) in [4.78, 5) is 24.2. The number of benzene rings is 1. The van der Waals surface area contributed by atoms with Gasteiger partial charge in [-0.2, -0.15) is 5.26 Å². The van der Waals surface area contributed by atoms with Crippen LogP contribution < -0.4 is 4.90 Å². The predicted molar refractivity (Wildman–Crippen MR) is 130 cm³/mol. The molecule has 1 aromatic heterocycles. The lowest BCUT2D eigenvalue weighted by Crippen LogP contribution is -2.50. The lowest BCUT2D eigenvalue weighted by molar-refractivity contribution is -0.130. The molecular formula is C25H31N5OS. The van der Waals surface area contributed by atoms with Gasteiger partial charge in [-0.1, -0.05) is 18.2 Å². The minimum atomic E-state index is 0.258. The Hall–Kier alpha value is -2.56. The van der Waals surface area contributed by atoms with E-state index in [4.69, 9.17) is 5.26 Å². The predicted octanol–water partition coefficient (Wildman–Crippen LogP) is 3.25. The number of thioether (sulfide) groups is 1. The van der Waals surface area contributed by atoms with Crippen LogP contribution in [-0.4, -0.2) is 72.3 Å². The average molecular weight is 450 g/mol. The van der Waals surface area contributed by atoms with Gasteiger partial charge < -0.3 is 9.80 Å². The topological polar surface area (TPSA) is 63.5 Å². The molecule has 2 saturated heterocycles. The Labute approximate surface area is 195 Å². The molecule has 168 valence electrons. The molecule has 0 aliphatic carbocycles. The van der Waals surface area contributed by atoms with E-state index in [0.29, 0.717) is 17.2 Å². The molecule has 0 saturated carbocycles. The molecule has 2 fully saturated rings. The molecule has 32 heavy (non-hydrogen) atoms. The summed E-state index contributed by atoms with van der Waals surface area (Å²) in [7, 11) is 0. The van der Waals surface area contributed by atoms with Crippen molar-refractivity contribution in [3.05, 3.63) is 59.8 Å². The molecule has 7 heteroatoms. The number of piperidine rings is 1. The zero-order valence-corrected chi connectivity index (χ0v) is 19.3. The number of pyridine rings is 1. The fourth-order valence-electron chi connectivity index (χ4n) is 4.53. The zero-order chi connectivity index (χ0) is 22.2. The number of anilines is 1. The number of nitrogens with zero attached hydrogens (tertiary/aromatic N) is 5. The van der Waals surface area contributed by atoms with Crippen molar-refractivity contribution in [3.8, 4) is 6.07 Å². The highest BCUT2D eigenvalue weighted by Gasteiger charge is 2.26. The van der Waals surface area contributed by atoms with Gasteiger partial charge >= 0.3 is 0 Å². The molecule has 1 aromatic carbocycles. The molecule has 0 spiro atoms. The number of carbonyl (C=O) groups is 1. The molecule has 0 radical (unpaired) electrons. The second-order valence-corrected chi connectivity index (χ2v) is 9.61.